The van der Waals surface area contributed by atoms with E-state index in [9.17, 15) is 0 Å². The van der Waals surface area contributed by atoms with Crippen molar-refractivity contribution in [1.82, 2.24) is 0 Å². The molecule has 2 aliphatic rings. The molecule has 2 heteroatoms. The first-order valence-corrected chi connectivity index (χ1v) is 3.87. The van der Waals surface area contributed by atoms with Gasteiger partial charge in [0.15, 0.2) is 0 Å². The van der Waals surface area contributed by atoms with E-state index in [0.717, 1.165) is 11.6 Å². The summed E-state index contributed by atoms with van der Waals surface area (Å²) in [6, 6.07) is 0.458. The molecule has 2 rings (SSSR count). The lowest BCUT2D eigenvalue weighted by molar-refractivity contribution is 0.671. The predicted molar refractivity (Wildman–Crippen MR) is 39.7 cm³/mol. The van der Waals surface area contributed by atoms with E-state index in [0.29, 0.717) is 6.04 Å². The molecule has 0 saturated heterocycles. The molecule has 0 aromatic rings. The maximum Gasteiger partial charge on any atom is 0.0968 e. The van der Waals surface area contributed by atoms with E-state index in [1.807, 2.05) is 6.92 Å². The van der Waals surface area contributed by atoms with E-state index in [1.54, 1.807) is 0 Å². The maximum absolute atomic E-state index is 4.21. The summed E-state index contributed by atoms with van der Waals surface area (Å²) in [5.41, 5.74) is 2.53. The minimum Gasteiger partial charge on any atom is -0.181 e. The van der Waals surface area contributed by atoms with Crippen molar-refractivity contribution < 1.29 is 0 Å². The van der Waals surface area contributed by atoms with Gasteiger partial charge in [-0.25, -0.2) is 0 Å². The Labute approximate surface area is 61.0 Å². The van der Waals surface area contributed by atoms with Gasteiger partial charge in [-0.1, -0.05) is 0 Å². The molecule has 10 heavy (non-hydrogen) atoms. The Bertz CT molecular complexity index is 211. The van der Waals surface area contributed by atoms with Crippen LogP contribution in [0.3, 0.4) is 0 Å². The summed E-state index contributed by atoms with van der Waals surface area (Å²) in [6.07, 6.45) is 2.71. The smallest absolute Gasteiger partial charge is 0.0968 e. The normalized spacial score (nSPS) is 32.0. The highest BCUT2D eigenvalue weighted by atomic mass is 15.2. The van der Waals surface area contributed by atoms with Crippen LogP contribution >= 0.6 is 0 Å². The molecule has 0 bridgehead atoms. The van der Waals surface area contributed by atoms with E-state index >= 15 is 0 Å². The predicted octanol–water partition coefficient (Wildman–Crippen LogP) is 2.52. The van der Waals surface area contributed by atoms with Crippen LogP contribution in [-0.2, 0) is 0 Å². The summed E-state index contributed by atoms with van der Waals surface area (Å²) >= 11 is 0. The number of azo groups is 1. The fraction of sp³-hybridized carbons (Fsp3) is 0.750. The van der Waals surface area contributed by atoms with Crippen molar-refractivity contribution in [3.05, 3.63) is 11.3 Å². The molecule has 0 amide bonds. The fourth-order valence-electron chi connectivity index (χ4n) is 1.39. The molecule has 0 N–H and O–H groups in total. The van der Waals surface area contributed by atoms with Gasteiger partial charge in [0.1, 0.15) is 0 Å². The van der Waals surface area contributed by atoms with Gasteiger partial charge < -0.3 is 0 Å². The van der Waals surface area contributed by atoms with E-state index in [2.05, 4.69) is 17.2 Å². The monoisotopic (exact) mass is 136 g/mol. The second-order valence-corrected chi connectivity index (χ2v) is 3.27. The lowest BCUT2D eigenvalue weighted by Crippen LogP contribution is -2.04. The van der Waals surface area contributed by atoms with Gasteiger partial charge in [0, 0.05) is 0 Å². The van der Waals surface area contributed by atoms with Crippen molar-refractivity contribution in [3.8, 4) is 0 Å². The zero-order valence-corrected chi connectivity index (χ0v) is 6.46. The largest absolute Gasteiger partial charge is 0.181 e. The average molecular weight is 136 g/mol. The van der Waals surface area contributed by atoms with Crippen LogP contribution in [0.15, 0.2) is 21.5 Å². The maximum atomic E-state index is 4.21. The van der Waals surface area contributed by atoms with Gasteiger partial charge >= 0.3 is 0 Å². The molecule has 0 radical (unpaired) electrons. The van der Waals surface area contributed by atoms with E-state index in [-0.39, 0.29) is 0 Å². The van der Waals surface area contributed by atoms with Gasteiger partial charge in [0.25, 0.3) is 0 Å². The Morgan fingerprint density at radius 2 is 2.00 bits per heavy atom. The van der Waals surface area contributed by atoms with Crippen LogP contribution in [0, 0.1) is 5.92 Å². The molecular weight excluding hydrogens is 124 g/mol. The Morgan fingerprint density at radius 3 is 2.40 bits per heavy atom. The van der Waals surface area contributed by atoms with E-state index in [4.69, 9.17) is 0 Å². The van der Waals surface area contributed by atoms with Gasteiger partial charge in [-0.3, -0.25) is 0 Å². The number of rotatable bonds is 1. The van der Waals surface area contributed by atoms with Gasteiger partial charge in [-0.15, -0.1) is 0 Å². The second kappa shape index (κ2) is 1.91. The average Bonchev–Trinajstić information content (AvgIpc) is 2.67. The minimum absolute atomic E-state index is 0.458. The standard InChI is InChI=1S/C8H12N2/c1-5-6(2)9-10-8(5)7-3-4-7/h7-8H,3-4H2,1-2H3. The highest BCUT2D eigenvalue weighted by Crippen LogP contribution is 2.40. The number of hydrogen-bond acceptors (Lipinski definition) is 2. The third-order valence-electron chi connectivity index (χ3n) is 2.42. The van der Waals surface area contributed by atoms with E-state index in [1.165, 1.54) is 18.4 Å². The lowest BCUT2D eigenvalue weighted by Gasteiger charge is -2.03. The van der Waals surface area contributed by atoms with Crippen LogP contribution in [0.25, 0.3) is 0 Å². The number of nitrogens with zero attached hydrogens (tertiary/aromatic N) is 2. The topological polar surface area (TPSA) is 24.7 Å². The van der Waals surface area contributed by atoms with Crippen molar-refractivity contribution in [2.24, 2.45) is 16.1 Å². The fourth-order valence-corrected chi connectivity index (χ4v) is 1.39. The molecule has 54 valence electrons. The van der Waals surface area contributed by atoms with Crippen molar-refractivity contribution in [2.75, 3.05) is 0 Å². The Kier molecular flexibility index (Phi) is 1.16. The number of hydrogen-bond donors (Lipinski definition) is 0. The Morgan fingerprint density at radius 1 is 1.30 bits per heavy atom. The summed E-state index contributed by atoms with van der Waals surface area (Å²) in [6.45, 7) is 4.19. The van der Waals surface area contributed by atoms with Crippen LogP contribution in [0.2, 0.25) is 0 Å². The first-order valence-electron chi connectivity index (χ1n) is 3.87. The quantitative estimate of drug-likeness (QED) is 0.529. The molecule has 0 spiro atoms. The SMILES string of the molecule is CC1=C(C)C(C2CC2)N=N1. The summed E-state index contributed by atoms with van der Waals surface area (Å²) in [5.74, 6) is 0.834. The van der Waals surface area contributed by atoms with E-state index < -0.39 is 0 Å². The van der Waals surface area contributed by atoms with Crippen molar-refractivity contribution >= 4 is 0 Å². The molecule has 0 aromatic carbocycles. The zero-order valence-electron chi connectivity index (χ0n) is 6.46. The molecule has 1 heterocycles. The van der Waals surface area contributed by atoms with Crippen LogP contribution < -0.4 is 0 Å². The van der Waals surface area contributed by atoms with Crippen LogP contribution in [-0.4, -0.2) is 6.04 Å². The molecule has 1 atom stereocenters. The summed E-state index contributed by atoms with van der Waals surface area (Å²) in [4.78, 5) is 0. The highest BCUT2D eigenvalue weighted by Gasteiger charge is 2.34. The minimum atomic E-state index is 0.458. The molecule has 1 aliphatic heterocycles. The van der Waals surface area contributed by atoms with Crippen molar-refractivity contribution in [3.63, 3.8) is 0 Å². The first kappa shape index (κ1) is 6.08. The van der Waals surface area contributed by atoms with Crippen molar-refractivity contribution in [2.45, 2.75) is 32.7 Å². The Balaban J connectivity index is 2.19. The first-order chi connectivity index (χ1) is 4.79. The highest BCUT2D eigenvalue weighted by molar-refractivity contribution is 5.21. The number of allylic oxidation sites excluding steroid dienone is 1. The molecule has 0 aromatic heterocycles. The third-order valence-corrected chi connectivity index (χ3v) is 2.42. The van der Waals surface area contributed by atoms with Gasteiger partial charge in [0.05, 0.1) is 11.7 Å². The Hall–Kier alpha value is -0.660. The second-order valence-electron chi connectivity index (χ2n) is 3.27. The van der Waals surface area contributed by atoms with Crippen LogP contribution in [0.5, 0.6) is 0 Å². The van der Waals surface area contributed by atoms with Gasteiger partial charge in [0.2, 0.25) is 0 Å². The van der Waals surface area contributed by atoms with Gasteiger partial charge in [-0.05, 0) is 38.2 Å². The summed E-state index contributed by atoms with van der Waals surface area (Å²) in [7, 11) is 0. The summed E-state index contributed by atoms with van der Waals surface area (Å²) in [5, 5.41) is 8.28. The molecule has 2 nitrogen and oxygen atoms in total. The molecule has 1 aliphatic carbocycles. The van der Waals surface area contributed by atoms with Crippen molar-refractivity contribution in [1.29, 1.82) is 0 Å². The summed E-state index contributed by atoms with van der Waals surface area (Å²) < 4.78 is 0. The molecule has 1 saturated carbocycles. The third kappa shape index (κ3) is 0.789. The van der Waals surface area contributed by atoms with Gasteiger partial charge in [-0.2, -0.15) is 10.2 Å². The molecule has 1 unspecified atom stereocenters. The molecule has 1 fully saturated rings. The lowest BCUT2D eigenvalue weighted by atomic mass is 10.1. The van der Waals surface area contributed by atoms with Crippen LogP contribution in [0.4, 0.5) is 0 Å². The molecular formula is C8H12N2. The zero-order chi connectivity index (χ0) is 7.14. The van der Waals surface area contributed by atoms with Crippen LogP contribution in [0.1, 0.15) is 26.7 Å².